The molecule has 1 aromatic rings. The Hall–Kier alpha value is -1.88. The van der Waals surface area contributed by atoms with Crippen LogP contribution >= 0.6 is 0 Å². The largest absolute Gasteiger partial charge is 0.371 e. The van der Waals surface area contributed by atoms with Crippen molar-refractivity contribution in [2.24, 2.45) is 11.1 Å². The third kappa shape index (κ3) is 6.71. The summed E-state index contributed by atoms with van der Waals surface area (Å²) in [4.78, 5) is 25.9. The Morgan fingerprint density at radius 3 is 2.04 bits per heavy atom. The van der Waals surface area contributed by atoms with E-state index >= 15 is 0 Å². The lowest BCUT2D eigenvalue weighted by molar-refractivity contribution is -0.0149. The highest BCUT2D eigenvalue weighted by atomic mass is 16.5. The van der Waals surface area contributed by atoms with E-state index in [2.05, 4.69) is 20.8 Å². The van der Waals surface area contributed by atoms with Crippen molar-refractivity contribution in [2.75, 3.05) is 13.6 Å². The Morgan fingerprint density at radius 2 is 1.58 bits per heavy atom. The molecule has 5 heteroatoms. The molecule has 1 rings (SSSR count). The summed E-state index contributed by atoms with van der Waals surface area (Å²) in [5.41, 5.74) is 6.61. The van der Waals surface area contributed by atoms with Crippen molar-refractivity contribution in [1.82, 2.24) is 4.90 Å². The van der Waals surface area contributed by atoms with Crippen LogP contribution in [0, 0.1) is 5.41 Å². The molecule has 0 aromatic heterocycles. The molecule has 2 amide bonds. The molecule has 2 N–H and O–H groups in total. The number of ether oxygens (including phenoxy) is 1. The molecule has 0 aliphatic heterocycles. The SMILES string of the molecule is CN(CC(C)(C)C)C(=O)c1cc(COC(C)(C)C)cc(C(N)=O)c1. The lowest BCUT2D eigenvalue weighted by Crippen LogP contribution is -2.34. The van der Waals surface area contributed by atoms with Crippen LogP contribution in [-0.4, -0.2) is 35.9 Å². The van der Waals surface area contributed by atoms with Crippen LogP contribution < -0.4 is 5.73 Å². The van der Waals surface area contributed by atoms with Gasteiger partial charge in [0.05, 0.1) is 12.2 Å². The molecule has 134 valence electrons. The fourth-order valence-electron chi connectivity index (χ4n) is 2.34. The van der Waals surface area contributed by atoms with E-state index in [0.29, 0.717) is 24.3 Å². The van der Waals surface area contributed by atoms with Gasteiger partial charge in [-0.1, -0.05) is 20.8 Å². The number of hydrogen-bond donors (Lipinski definition) is 1. The standard InChI is InChI=1S/C19H30N2O3/c1-18(2,3)12-21(7)17(23)15-9-13(11-24-19(4,5)6)8-14(10-15)16(20)22/h8-10H,11-12H2,1-7H3,(H2,20,22). The van der Waals surface area contributed by atoms with Crippen molar-refractivity contribution in [3.8, 4) is 0 Å². The Morgan fingerprint density at radius 1 is 1.04 bits per heavy atom. The molecule has 0 aliphatic rings. The van der Waals surface area contributed by atoms with E-state index in [1.807, 2.05) is 20.8 Å². The fourth-order valence-corrected chi connectivity index (χ4v) is 2.34. The summed E-state index contributed by atoms with van der Waals surface area (Å²) in [6, 6.07) is 4.98. The molecule has 0 spiro atoms. The average molecular weight is 334 g/mol. The molecule has 0 unspecified atom stereocenters. The maximum Gasteiger partial charge on any atom is 0.253 e. The summed E-state index contributed by atoms with van der Waals surface area (Å²) in [5, 5.41) is 0. The van der Waals surface area contributed by atoms with Crippen molar-refractivity contribution in [2.45, 2.75) is 53.8 Å². The van der Waals surface area contributed by atoms with Crippen LogP contribution in [0.4, 0.5) is 0 Å². The van der Waals surface area contributed by atoms with Gasteiger partial charge in [0.1, 0.15) is 0 Å². The van der Waals surface area contributed by atoms with Gasteiger partial charge in [0.2, 0.25) is 5.91 Å². The van der Waals surface area contributed by atoms with Gasteiger partial charge < -0.3 is 15.4 Å². The number of carbonyl (C=O) groups is 2. The highest BCUT2D eigenvalue weighted by Gasteiger charge is 2.20. The minimum absolute atomic E-state index is 0.0100. The quantitative estimate of drug-likeness (QED) is 0.898. The fraction of sp³-hybridized carbons (Fsp3) is 0.579. The monoisotopic (exact) mass is 334 g/mol. The van der Waals surface area contributed by atoms with Gasteiger partial charge in [-0.25, -0.2) is 0 Å². The van der Waals surface area contributed by atoms with Crippen molar-refractivity contribution in [1.29, 1.82) is 0 Å². The van der Waals surface area contributed by atoms with Crippen LogP contribution in [0.3, 0.4) is 0 Å². The molecule has 0 atom stereocenters. The molecule has 1 aromatic carbocycles. The zero-order chi connectivity index (χ0) is 18.7. The van der Waals surface area contributed by atoms with Gasteiger partial charge >= 0.3 is 0 Å². The number of amides is 2. The first-order valence-electron chi connectivity index (χ1n) is 8.12. The van der Waals surface area contributed by atoms with Crippen LogP contribution in [0.15, 0.2) is 18.2 Å². The summed E-state index contributed by atoms with van der Waals surface area (Å²) in [5.74, 6) is -0.690. The predicted octanol–water partition coefficient (Wildman–Crippen LogP) is 3.22. The first-order chi connectivity index (χ1) is 10.8. The van der Waals surface area contributed by atoms with Crippen LogP contribution in [0.2, 0.25) is 0 Å². The second kappa shape index (κ2) is 7.34. The van der Waals surface area contributed by atoms with Gasteiger partial charge in [-0.3, -0.25) is 9.59 Å². The van der Waals surface area contributed by atoms with Crippen LogP contribution in [0.5, 0.6) is 0 Å². The summed E-state index contributed by atoms with van der Waals surface area (Å²) in [6.07, 6.45) is 0. The highest BCUT2D eigenvalue weighted by Crippen LogP contribution is 2.19. The molecule has 0 radical (unpaired) electrons. The summed E-state index contributed by atoms with van der Waals surface area (Å²) < 4.78 is 5.75. The van der Waals surface area contributed by atoms with E-state index in [9.17, 15) is 9.59 Å². The molecule has 0 fully saturated rings. The first-order valence-corrected chi connectivity index (χ1v) is 8.12. The molecule has 0 bridgehead atoms. The molecule has 0 saturated carbocycles. The number of hydrogen-bond acceptors (Lipinski definition) is 3. The lowest BCUT2D eigenvalue weighted by atomic mass is 9.95. The first kappa shape index (κ1) is 20.2. The van der Waals surface area contributed by atoms with E-state index in [1.165, 1.54) is 0 Å². The van der Waals surface area contributed by atoms with Crippen molar-refractivity contribution < 1.29 is 14.3 Å². The van der Waals surface area contributed by atoms with Crippen LogP contribution in [0.1, 0.15) is 67.8 Å². The molecule has 0 aliphatic carbocycles. The van der Waals surface area contributed by atoms with Gasteiger partial charge in [0, 0.05) is 24.7 Å². The number of primary amides is 1. The van der Waals surface area contributed by atoms with Crippen molar-refractivity contribution >= 4 is 11.8 Å². The average Bonchev–Trinajstić information content (AvgIpc) is 2.41. The van der Waals surface area contributed by atoms with Crippen LogP contribution in [-0.2, 0) is 11.3 Å². The molecule has 0 saturated heterocycles. The second-order valence-electron chi connectivity index (χ2n) is 8.41. The third-order valence-electron chi connectivity index (χ3n) is 3.25. The number of rotatable bonds is 5. The Kier molecular flexibility index (Phi) is 6.17. The van der Waals surface area contributed by atoms with Gasteiger partial charge in [-0.15, -0.1) is 0 Å². The molecule has 5 nitrogen and oxygen atoms in total. The molecule has 24 heavy (non-hydrogen) atoms. The summed E-state index contributed by atoms with van der Waals surface area (Å²) in [6.45, 7) is 13.0. The zero-order valence-electron chi connectivity index (χ0n) is 15.9. The van der Waals surface area contributed by atoms with Gasteiger partial charge in [0.25, 0.3) is 5.91 Å². The minimum Gasteiger partial charge on any atom is -0.371 e. The topological polar surface area (TPSA) is 72.6 Å². The van der Waals surface area contributed by atoms with E-state index < -0.39 is 5.91 Å². The Labute approximate surface area is 145 Å². The maximum atomic E-state index is 12.7. The number of carbonyl (C=O) groups excluding carboxylic acids is 2. The normalized spacial score (nSPS) is 12.1. The van der Waals surface area contributed by atoms with Gasteiger partial charge in [-0.2, -0.15) is 0 Å². The Bertz CT molecular complexity index is 610. The number of benzene rings is 1. The van der Waals surface area contributed by atoms with E-state index in [4.69, 9.17) is 10.5 Å². The minimum atomic E-state index is -0.555. The second-order valence-corrected chi connectivity index (χ2v) is 8.41. The number of nitrogens with zero attached hydrogens (tertiary/aromatic N) is 1. The van der Waals surface area contributed by atoms with E-state index in [0.717, 1.165) is 5.56 Å². The van der Waals surface area contributed by atoms with Crippen LogP contribution in [0.25, 0.3) is 0 Å². The Balaban J connectivity index is 3.11. The van der Waals surface area contributed by atoms with E-state index in [1.54, 1.807) is 30.1 Å². The highest BCUT2D eigenvalue weighted by molar-refractivity contribution is 5.99. The lowest BCUT2D eigenvalue weighted by Gasteiger charge is -2.27. The van der Waals surface area contributed by atoms with Gasteiger partial charge in [-0.05, 0) is 49.9 Å². The maximum absolute atomic E-state index is 12.7. The summed E-state index contributed by atoms with van der Waals surface area (Å²) in [7, 11) is 1.76. The molecule has 0 heterocycles. The molecular weight excluding hydrogens is 304 g/mol. The van der Waals surface area contributed by atoms with E-state index in [-0.39, 0.29) is 16.9 Å². The predicted molar refractivity (Wildman–Crippen MR) is 95.9 cm³/mol. The van der Waals surface area contributed by atoms with Crippen molar-refractivity contribution in [3.63, 3.8) is 0 Å². The molecular formula is C19H30N2O3. The smallest absolute Gasteiger partial charge is 0.253 e. The van der Waals surface area contributed by atoms with Gasteiger partial charge in [0.15, 0.2) is 0 Å². The summed E-state index contributed by atoms with van der Waals surface area (Å²) >= 11 is 0. The third-order valence-corrected chi connectivity index (χ3v) is 3.25. The number of nitrogens with two attached hydrogens (primary N) is 1. The van der Waals surface area contributed by atoms with Crippen molar-refractivity contribution in [3.05, 3.63) is 34.9 Å². The zero-order valence-corrected chi connectivity index (χ0v) is 15.9.